The van der Waals surface area contributed by atoms with Crippen LogP contribution in [0, 0.1) is 17.0 Å². The summed E-state index contributed by atoms with van der Waals surface area (Å²) in [6.45, 7) is 2.06. The fourth-order valence-corrected chi connectivity index (χ4v) is 1.53. The number of hydrogen-bond acceptors (Lipinski definition) is 7. The molecule has 0 amide bonds. The lowest BCUT2D eigenvalue weighted by atomic mass is 10.2. The van der Waals surface area contributed by atoms with E-state index < -0.39 is 4.92 Å². The van der Waals surface area contributed by atoms with Gasteiger partial charge in [-0.1, -0.05) is 5.16 Å². The number of benzene rings is 1. The third-order valence-electron chi connectivity index (χ3n) is 2.39. The number of nitro groups is 1. The summed E-state index contributed by atoms with van der Waals surface area (Å²) in [6.07, 6.45) is 0. The van der Waals surface area contributed by atoms with Crippen LogP contribution in [0.1, 0.15) is 11.7 Å². The molecule has 2 rings (SSSR count). The van der Waals surface area contributed by atoms with Crippen LogP contribution < -0.4 is 10.1 Å². The van der Waals surface area contributed by atoms with Crippen LogP contribution >= 0.6 is 0 Å². The third-order valence-corrected chi connectivity index (χ3v) is 2.39. The summed E-state index contributed by atoms with van der Waals surface area (Å²) in [7, 11) is 1.38. The average molecular weight is 264 g/mol. The molecule has 0 spiro atoms. The minimum Gasteiger partial charge on any atom is -0.490 e. The maximum Gasteiger partial charge on any atom is 0.311 e. The lowest BCUT2D eigenvalue weighted by Gasteiger charge is -2.06. The van der Waals surface area contributed by atoms with Crippen molar-refractivity contribution in [2.45, 2.75) is 13.5 Å². The molecule has 19 heavy (non-hydrogen) atoms. The Morgan fingerprint density at radius 2 is 2.32 bits per heavy atom. The van der Waals surface area contributed by atoms with E-state index in [-0.39, 0.29) is 11.4 Å². The van der Waals surface area contributed by atoms with E-state index in [1.165, 1.54) is 13.2 Å². The standard InChI is InChI=1S/C11H12N4O4/c1-7-13-11(19-14-7)6-12-8-3-4-9(15(16)17)10(5-8)18-2/h3-5,12H,6H2,1-2H3. The van der Waals surface area contributed by atoms with Gasteiger partial charge in [0.2, 0.25) is 5.89 Å². The van der Waals surface area contributed by atoms with Gasteiger partial charge < -0.3 is 14.6 Å². The molecule has 8 heteroatoms. The number of hydrogen-bond donors (Lipinski definition) is 1. The molecule has 0 atom stereocenters. The highest BCUT2D eigenvalue weighted by Crippen LogP contribution is 2.29. The van der Waals surface area contributed by atoms with E-state index in [4.69, 9.17) is 9.26 Å². The molecule has 0 aliphatic rings. The number of anilines is 1. The van der Waals surface area contributed by atoms with Crippen molar-refractivity contribution >= 4 is 11.4 Å². The topological polar surface area (TPSA) is 103 Å². The van der Waals surface area contributed by atoms with E-state index >= 15 is 0 Å². The Labute approximate surface area is 108 Å². The summed E-state index contributed by atoms with van der Waals surface area (Å²) in [5.41, 5.74) is 0.583. The number of nitrogens with one attached hydrogen (secondary N) is 1. The van der Waals surface area contributed by atoms with Gasteiger partial charge in [-0.25, -0.2) is 0 Å². The molecule has 2 aromatic rings. The van der Waals surface area contributed by atoms with Gasteiger partial charge in [0.15, 0.2) is 11.6 Å². The predicted octanol–water partition coefficient (Wildman–Crippen LogP) is 1.91. The maximum atomic E-state index is 10.7. The van der Waals surface area contributed by atoms with E-state index in [0.29, 0.717) is 23.9 Å². The molecule has 8 nitrogen and oxygen atoms in total. The molecule has 0 aliphatic carbocycles. The lowest BCUT2D eigenvalue weighted by molar-refractivity contribution is -0.385. The summed E-state index contributed by atoms with van der Waals surface area (Å²) in [6, 6.07) is 4.51. The number of nitro benzene ring substituents is 1. The van der Waals surface area contributed by atoms with Gasteiger partial charge in [0.05, 0.1) is 18.6 Å². The molecule has 0 radical (unpaired) electrons. The van der Waals surface area contributed by atoms with Crippen LogP contribution in [0.5, 0.6) is 5.75 Å². The quantitative estimate of drug-likeness (QED) is 0.649. The maximum absolute atomic E-state index is 10.7. The summed E-state index contributed by atoms with van der Waals surface area (Å²) < 4.78 is 9.91. The van der Waals surface area contributed by atoms with Gasteiger partial charge in [0, 0.05) is 17.8 Å². The molecule has 0 saturated carbocycles. The zero-order valence-corrected chi connectivity index (χ0v) is 10.4. The van der Waals surface area contributed by atoms with Crippen LogP contribution in [-0.2, 0) is 6.54 Å². The first-order valence-corrected chi connectivity index (χ1v) is 5.45. The number of nitrogens with zero attached hydrogens (tertiary/aromatic N) is 3. The first kappa shape index (κ1) is 12.8. The molecule has 0 bridgehead atoms. The van der Waals surface area contributed by atoms with E-state index in [2.05, 4.69) is 15.5 Å². The Balaban J connectivity index is 2.11. The molecule has 0 fully saturated rings. The Bertz CT molecular complexity index is 596. The van der Waals surface area contributed by atoms with Crippen molar-refractivity contribution in [2.24, 2.45) is 0 Å². The normalized spacial score (nSPS) is 10.2. The summed E-state index contributed by atoms with van der Waals surface area (Å²) in [5, 5.41) is 17.4. The second-order valence-corrected chi connectivity index (χ2v) is 3.73. The van der Waals surface area contributed by atoms with E-state index in [1.54, 1.807) is 19.1 Å². The lowest BCUT2D eigenvalue weighted by Crippen LogP contribution is -2.01. The first-order valence-electron chi connectivity index (χ1n) is 5.45. The van der Waals surface area contributed by atoms with Gasteiger partial charge in [0.25, 0.3) is 0 Å². The molecule has 0 aliphatic heterocycles. The van der Waals surface area contributed by atoms with E-state index in [1.807, 2.05) is 0 Å². The van der Waals surface area contributed by atoms with Gasteiger partial charge in [-0.15, -0.1) is 0 Å². The molecule has 0 unspecified atom stereocenters. The van der Waals surface area contributed by atoms with Crippen LogP contribution in [0.3, 0.4) is 0 Å². The average Bonchev–Trinajstić information content (AvgIpc) is 2.81. The van der Waals surface area contributed by atoms with Crippen molar-refractivity contribution in [3.8, 4) is 5.75 Å². The largest absolute Gasteiger partial charge is 0.490 e. The molecule has 100 valence electrons. The highest BCUT2D eigenvalue weighted by Gasteiger charge is 2.14. The summed E-state index contributed by atoms with van der Waals surface area (Å²) in [4.78, 5) is 14.3. The SMILES string of the molecule is COc1cc(NCc2nc(C)no2)ccc1[N+](=O)[O-]. The molecular weight excluding hydrogens is 252 g/mol. The number of ether oxygens (including phenoxy) is 1. The van der Waals surface area contributed by atoms with Gasteiger partial charge in [-0.3, -0.25) is 10.1 Å². The van der Waals surface area contributed by atoms with Crippen LogP contribution in [0.15, 0.2) is 22.7 Å². The number of aryl methyl sites for hydroxylation is 1. The zero-order chi connectivity index (χ0) is 13.8. The Morgan fingerprint density at radius 1 is 1.53 bits per heavy atom. The molecule has 1 aromatic heterocycles. The monoisotopic (exact) mass is 264 g/mol. The van der Waals surface area contributed by atoms with Crippen LogP contribution in [0.25, 0.3) is 0 Å². The van der Waals surface area contributed by atoms with Gasteiger partial charge in [-0.2, -0.15) is 4.98 Å². The Hall–Kier alpha value is -2.64. The minimum absolute atomic E-state index is 0.0818. The first-order chi connectivity index (χ1) is 9.10. The third kappa shape index (κ3) is 2.97. The predicted molar refractivity (Wildman–Crippen MR) is 66.0 cm³/mol. The summed E-state index contributed by atoms with van der Waals surface area (Å²) in [5.74, 6) is 1.18. The smallest absolute Gasteiger partial charge is 0.311 e. The Kier molecular flexibility index (Phi) is 3.60. The highest BCUT2D eigenvalue weighted by atomic mass is 16.6. The van der Waals surface area contributed by atoms with E-state index in [9.17, 15) is 10.1 Å². The number of rotatable bonds is 5. The van der Waals surface area contributed by atoms with Crippen LogP contribution in [0.4, 0.5) is 11.4 Å². The fraction of sp³-hybridized carbons (Fsp3) is 0.273. The molecule has 1 aromatic carbocycles. The van der Waals surface area contributed by atoms with Crippen molar-refractivity contribution in [3.05, 3.63) is 40.0 Å². The van der Waals surface area contributed by atoms with Crippen LogP contribution in [-0.4, -0.2) is 22.2 Å². The Morgan fingerprint density at radius 3 is 2.89 bits per heavy atom. The van der Waals surface area contributed by atoms with Gasteiger partial charge in [0.1, 0.15) is 0 Å². The molecular formula is C11H12N4O4. The van der Waals surface area contributed by atoms with Crippen molar-refractivity contribution < 1.29 is 14.2 Å². The zero-order valence-electron chi connectivity index (χ0n) is 10.4. The second kappa shape index (κ2) is 5.34. The van der Waals surface area contributed by atoms with Crippen molar-refractivity contribution in [2.75, 3.05) is 12.4 Å². The van der Waals surface area contributed by atoms with Gasteiger partial charge >= 0.3 is 5.69 Å². The second-order valence-electron chi connectivity index (χ2n) is 3.73. The van der Waals surface area contributed by atoms with Crippen molar-refractivity contribution in [3.63, 3.8) is 0 Å². The minimum atomic E-state index is -0.496. The van der Waals surface area contributed by atoms with E-state index in [0.717, 1.165) is 0 Å². The number of aromatic nitrogens is 2. The van der Waals surface area contributed by atoms with Crippen LogP contribution in [0.2, 0.25) is 0 Å². The fourth-order valence-electron chi connectivity index (χ4n) is 1.53. The molecule has 1 N–H and O–H groups in total. The molecule has 1 heterocycles. The number of methoxy groups -OCH3 is 1. The van der Waals surface area contributed by atoms with Gasteiger partial charge in [-0.05, 0) is 13.0 Å². The summed E-state index contributed by atoms with van der Waals surface area (Å²) >= 11 is 0. The highest BCUT2D eigenvalue weighted by molar-refractivity contribution is 5.57. The van der Waals surface area contributed by atoms with Crippen molar-refractivity contribution in [1.29, 1.82) is 0 Å². The van der Waals surface area contributed by atoms with Crippen molar-refractivity contribution in [1.82, 2.24) is 10.1 Å². The molecule has 0 saturated heterocycles.